The average Bonchev–Trinajstić information content (AvgIpc) is 2.81. The predicted molar refractivity (Wildman–Crippen MR) is 85.5 cm³/mol. The van der Waals surface area contributed by atoms with Gasteiger partial charge in [-0.3, -0.25) is 9.20 Å². The first kappa shape index (κ1) is 14.3. The van der Waals surface area contributed by atoms with Gasteiger partial charge in [0.25, 0.3) is 5.56 Å². The standard InChI is InChI=1S/C15H13FN2OS2/c1-10-7-21-15-17-13(6-14(19)18(10)15)9-20-8-11-3-2-4-12(16)5-11/h2-7H,8-9H2,1H3. The van der Waals surface area contributed by atoms with Crippen LogP contribution in [0, 0.1) is 12.7 Å². The highest BCUT2D eigenvalue weighted by Gasteiger charge is 2.06. The summed E-state index contributed by atoms with van der Waals surface area (Å²) in [5.41, 5.74) is 2.57. The zero-order valence-electron chi connectivity index (χ0n) is 11.4. The zero-order valence-corrected chi connectivity index (χ0v) is 13.0. The first-order chi connectivity index (χ1) is 10.1. The highest BCUT2D eigenvalue weighted by molar-refractivity contribution is 7.97. The van der Waals surface area contributed by atoms with Crippen LogP contribution in [0.1, 0.15) is 17.0 Å². The minimum atomic E-state index is -0.222. The number of nitrogens with zero attached hydrogens (tertiary/aromatic N) is 2. The highest BCUT2D eigenvalue weighted by atomic mass is 32.2. The Bertz CT molecular complexity index is 841. The van der Waals surface area contributed by atoms with Crippen molar-refractivity contribution < 1.29 is 4.39 Å². The van der Waals surface area contributed by atoms with E-state index < -0.39 is 0 Å². The van der Waals surface area contributed by atoms with Crippen molar-refractivity contribution in [3.05, 3.63) is 68.8 Å². The SMILES string of the molecule is Cc1csc2nc(CSCc3cccc(F)c3)cc(=O)n12. The molecule has 0 amide bonds. The topological polar surface area (TPSA) is 34.4 Å². The van der Waals surface area contributed by atoms with Crippen LogP contribution < -0.4 is 5.56 Å². The number of aromatic nitrogens is 2. The maximum atomic E-state index is 13.1. The van der Waals surface area contributed by atoms with Gasteiger partial charge in [0.2, 0.25) is 0 Å². The molecule has 2 aromatic heterocycles. The second kappa shape index (κ2) is 5.99. The second-order valence-corrected chi connectivity index (χ2v) is 6.53. The first-order valence-electron chi connectivity index (χ1n) is 6.42. The van der Waals surface area contributed by atoms with Crippen LogP contribution in [0.5, 0.6) is 0 Å². The normalized spacial score (nSPS) is 11.1. The predicted octanol–water partition coefficient (Wildman–Crippen LogP) is 3.64. The van der Waals surface area contributed by atoms with Crippen molar-refractivity contribution in [2.45, 2.75) is 18.4 Å². The van der Waals surface area contributed by atoms with Crippen LogP contribution in [0.3, 0.4) is 0 Å². The molecular weight excluding hydrogens is 307 g/mol. The largest absolute Gasteiger partial charge is 0.269 e. The highest BCUT2D eigenvalue weighted by Crippen LogP contribution is 2.18. The average molecular weight is 320 g/mol. The quantitative estimate of drug-likeness (QED) is 0.736. The van der Waals surface area contributed by atoms with E-state index in [0.29, 0.717) is 11.5 Å². The molecule has 0 radical (unpaired) electrons. The summed E-state index contributed by atoms with van der Waals surface area (Å²) in [4.78, 5) is 17.2. The summed E-state index contributed by atoms with van der Waals surface area (Å²) in [5.74, 6) is 1.11. The Morgan fingerprint density at radius 1 is 1.33 bits per heavy atom. The Labute approximate surface area is 129 Å². The van der Waals surface area contributed by atoms with Crippen LogP contribution in [-0.4, -0.2) is 9.38 Å². The van der Waals surface area contributed by atoms with Crippen molar-refractivity contribution in [3.8, 4) is 0 Å². The molecule has 21 heavy (non-hydrogen) atoms. The maximum absolute atomic E-state index is 13.1. The lowest BCUT2D eigenvalue weighted by atomic mass is 10.2. The number of thioether (sulfide) groups is 1. The number of fused-ring (bicyclic) bond motifs is 1. The number of rotatable bonds is 4. The number of hydrogen-bond acceptors (Lipinski definition) is 4. The van der Waals surface area contributed by atoms with Crippen LogP contribution in [0.15, 0.2) is 40.5 Å². The Morgan fingerprint density at radius 2 is 2.19 bits per heavy atom. The van der Waals surface area contributed by atoms with Gasteiger partial charge >= 0.3 is 0 Å². The molecule has 0 bridgehead atoms. The van der Waals surface area contributed by atoms with Gasteiger partial charge < -0.3 is 0 Å². The van der Waals surface area contributed by atoms with Crippen LogP contribution in [0.25, 0.3) is 4.96 Å². The molecule has 0 aliphatic rings. The van der Waals surface area contributed by atoms with Crippen LogP contribution >= 0.6 is 23.1 Å². The summed E-state index contributed by atoms with van der Waals surface area (Å²) in [6, 6.07) is 8.14. The van der Waals surface area contributed by atoms with Gasteiger partial charge in [-0.2, -0.15) is 11.8 Å². The number of halogens is 1. The third-order valence-corrected chi connectivity index (χ3v) is 5.02. The van der Waals surface area contributed by atoms with Crippen molar-refractivity contribution in [2.24, 2.45) is 0 Å². The van der Waals surface area contributed by atoms with Gasteiger partial charge in [0.1, 0.15) is 5.82 Å². The molecule has 2 heterocycles. The summed E-state index contributed by atoms with van der Waals surface area (Å²) in [7, 11) is 0. The smallest absolute Gasteiger partial charge is 0.258 e. The van der Waals surface area contributed by atoms with Gasteiger partial charge in [-0.1, -0.05) is 12.1 Å². The molecule has 0 saturated carbocycles. The van der Waals surface area contributed by atoms with Gasteiger partial charge in [0.15, 0.2) is 4.96 Å². The molecule has 0 aliphatic heterocycles. The fourth-order valence-corrected chi connectivity index (χ4v) is 3.84. The van der Waals surface area contributed by atoms with Crippen molar-refractivity contribution in [2.75, 3.05) is 0 Å². The van der Waals surface area contributed by atoms with E-state index in [2.05, 4.69) is 4.98 Å². The van der Waals surface area contributed by atoms with Gasteiger partial charge in [0, 0.05) is 28.6 Å². The molecule has 0 fully saturated rings. The molecule has 0 aliphatic carbocycles. The Hall–Kier alpha value is -1.66. The number of hydrogen-bond donors (Lipinski definition) is 0. The van der Waals surface area contributed by atoms with Gasteiger partial charge in [-0.15, -0.1) is 11.3 Å². The lowest BCUT2D eigenvalue weighted by molar-refractivity contribution is 0.626. The molecule has 3 rings (SSSR count). The fraction of sp³-hybridized carbons (Fsp3) is 0.200. The Kier molecular flexibility index (Phi) is 4.07. The van der Waals surface area contributed by atoms with Crippen molar-refractivity contribution in [1.29, 1.82) is 0 Å². The maximum Gasteiger partial charge on any atom is 0.258 e. The molecule has 0 atom stereocenters. The summed E-state index contributed by atoms with van der Waals surface area (Å²) in [5, 5.41) is 1.92. The molecule has 0 spiro atoms. The van der Waals surface area contributed by atoms with Crippen LogP contribution in [0.2, 0.25) is 0 Å². The minimum Gasteiger partial charge on any atom is -0.269 e. The van der Waals surface area contributed by atoms with Gasteiger partial charge in [-0.25, -0.2) is 9.37 Å². The van der Waals surface area contributed by atoms with Crippen LogP contribution in [-0.2, 0) is 11.5 Å². The molecule has 108 valence electrons. The third-order valence-electron chi connectivity index (χ3n) is 3.04. The lowest BCUT2D eigenvalue weighted by Gasteiger charge is -2.03. The summed E-state index contributed by atoms with van der Waals surface area (Å²) >= 11 is 3.09. The second-order valence-electron chi connectivity index (χ2n) is 4.70. The molecule has 3 nitrogen and oxygen atoms in total. The fourth-order valence-electron chi connectivity index (χ4n) is 2.08. The van der Waals surface area contributed by atoms with Gasteiger partial charge in [0.05, 0.1) is 5.69 Å². The van der Waals surface area contributed by atoms with E-state index in [0.717, 1.165) is 21.9 Å². The Morgan fingerprint density at radius 3 is 3.00 bits per heavy atom. The number of benzene rings is 1. The molecular formula is C15H13FN2OS2. The first-order valence-corrected chi connectivity index (χ1v) is 8.46. The number of aryl methyl sites for hydroxylation is 1. The van der Waals surface area contributed by atoms with Crippen molar-refractivity contribution in [3.63, 3.8) is 0 Å². The molecule has 0 saturated heterocycles. The van der Waals surface area contributed by atoms with E-state index in [9.17, 15) is 9.18 Å². The summed E-state index contributed by atoms with van der Waals surface area (Å²) in [6.07, 6.45) is 0. The molecule has 0 N–H and O–H groups in total. The molecule has 3 aromatic rings. The molecule has 6 heteroatoms. The monoisotopic (exact) mass is 320 g/mol. The molecule has 1 aromatic carbocycles. The van der Waals surface area contributed by atoms with Crippen LogP contribution in [0.4, 0.5) is 4.39 Å². The summed E-state index contributed by atoms with van der Waals surface area (Å²) in [6.45, 7) is 1.89. The van der Waals surface area contributed by atoms with Crippen molar-refractivity contribution >= 4 is 28.1 Å². The Balaban J connectivity index is 1.72. The van der Waals surface area contributed by atoms with E-state index in [1.54, 1.807) is 28.3 Å². The van der Waals surface area contributed by atoms with E-state index >= 15 is 0 Å². The number of thiazole rings is 1. The third kappa shape index (κ3) is 3.16. The summed E-state index contributed by atoms with van der Waals surface area (Å²) < 4.78 is 14.7. The van der Waals surface area contributed by atoms with E-state index in [1.807, 2.05) is 18.4 Å². The van der Waals surface area contributed by atoms with E-state index in [-0.39, 0.29) is 11.4 Å². The van der Waals surface area contributed by atoms with Gasteiger partial charge in [-0.05, 0) is 24.6 Å². The zero-order chi connectivity index (χ0) is 14.8. The lowest BCUT2D eigenvalue weighted by Crippen LogP contribution is -2.14. The van der Waals surface area contributed by atoms with E-state index in [4.69, 9.17) is 0 Å². The molecule has 0 unspecified atom stereocenters. The van der Waals surface area contributed by atoms with Crippen molar-refractivity contribution in [1.82, 2.24) is 9.38 Å². The minimum absolute atomic E-state index is 0.0416. The van der Waals surface area contributed by atoms with E-state index in [1.165, 1.54) is 23.5 Å².